The normalized spacial score (nSPS) is 29.6. The SMILES string of the molecule is CC(C)C1CCCN(CC(N)(C#N)C2CC2)CC1. The Morgan fingerprint density at radius 1 is 1.28 bits per heavy atom. The highest BCUT2D eigenvalue weighted by atomic mass is 15.1. The zero-order valence-electron chi connectivity index (χ0n) is 11.9. The maximum Gasteiger partial charge on any atom is 0.119 e. The molecule has 2 N–H and O–H groups in total. The lowest BCUT2D eigenvalue weighted by Crippen LogP contribution is -2.51. The van der Waals surface area contributed by atoms with Crippen molar-refractivity contribution in [1.82, 2.24) is 4.90 Å². The van der Waals surface area contributed by atoms with Crippen molar-refractivity contribution in [2.45, 2.75) is 51.5 Å². The maximum absolute atomic E-state index is 9.34. The Balaban J connectivity index is 1.88. The standard InChI is InChI=1S/C15H27N3/c1-12(2)13-4-3-8-18(9-7-13)11-15(17,10-16)14-5-6-14/h12-14H,3-9,11,17H2,1-2H3. The highest BCUT2D eigenvalue weighted by Gasteiger charge is 2.43. The van der Waals surface area contributed by atoms with Gasteiger partial charge >= 0.3 is 0 Å². The van der Waals surface area contributed by atoms with E-state index in [0.29, 0.717) is 5.92 Å². The van der Waals surface area contributed by atoms with Gasteiger partial charge in [0.15, 0.2) is 0 Å². The van der Waals surface area contributed by atoms with Crippen molar-refractivity contribution >= 4 is 0 Å². The minimum atomic E-state index is -0.586. The molecule has 1 aliphatic carbocycles. The molecule has 0 aromatic carbocycles. The van der Waals surface area contributed by atoms with Crippen LogP contribution in [0.1, 0.15) is 46.0 Å². The molecule has 0 aromatic heterocycles. The van der Waals surface area contributed by atoms with E-state index in [4.69, 9.17) is 5.73 Å². The van der Waals surface area contributed by atoms with Gasteiger partial charge in [-0.15, -0.1) is 0 Å². The minimum Gasteiger partial charge on any atom is -0.312 e. The zero-order chi connectivity index (χ0) is 13.2. The summed E-state index contributed by atoms with van der Waals surface area (Å²) in [6.07, 6.45) is 6.15. The van der Waals surface area contributed by atoms with Crippen molar-refractivity contribution in [3.05, 3.63) is 0 Å². The van der Waals surface area contributed by atoms with Crippen molar-refractivity contribution in [3.63, 3.8) is 0 Å². The van der Waals surface area contributed by atoms with Crippen molar-refractivity contribution in [3.8, 4) is 6.07 Å². The van der Waals surface area contributed by atoms with Gasteiger partial charge in [0.1, 0.15) is 5.54 Å². The number of hydrogen-bond acceptors (Lipinski definition) is 3. The fraction of sp³-hybridized carbons (Fsp3) is 0.933. The molecular formula is C15H27N3. The van der Waals surface area contributed by atoms with Crippen LogP contribution in [0, 0.1) is 29.1 Å². The molecule has 0 amide bonds. The second-order valence-electron chi connectivity index (χ2n) is 6.64. The van der Waals surface area contributed by atoms with E-state index in [2.05, 4.69) is 24.8 Å². The van der Waals surface area contributed by atoms with Gasteiger partial charge in [-0.3, -0.25) is 0 Å². The minimum absolute atomic E-state index is 0.451. The van der Waals surface area contributed by atoms with Gasteiger partial charge in [0, 0.05) is 6.54 Å². The number of nitrogens with two attached hydrogens (primary N) is 1. The van der Waals surface area contributed by atoms with E-state index < -0.39 is 5.54 Å². The van der Waals surface area contributed by atoms with Crippen LogP contribution in [0.3, 0.4) is 0 Å². The van der Waals surface area contributed by atoms with Crippen LogP contribution in [0.15, 0.2) is 0 Å². The first-order valence-electron chi connectivity index (χ1n) is 7.47. The van der Waals surface area contributed by atoms with Gasteiger partial charge in [0.2, 0.25) is 0 Å². The van der Waals surface area contributed by atoms with Crippen LogP contribution in [0.25, 0.3) is 0 Å². The van der Waals surface area contributed by atoms with Crippen LogP contribution >= 0.6 is 0 Å². The molecule has 18 heavy (non-hydrogen) atoms. The molecule has 3 nitrogen and oxygen atoms in total. The summed E-state index contributed by atoms with van der Waals surface area (Å²) < 4.78 is 0. The Bertz CT molecular complexity index is 316. The fourth-order valence-corrected chi connectivity index (χ4v) is 3.23. The molecular weight excluding hydrogens is 222 g/mol. The molecule has 2 rings (SSSR count). The largest absolute Gasteiger partial charge is 0.312 e. The summed E-state index contributed by atoms with van der Waals surface area (Å²) in [5, 5.41) is 9.34. The first-order valence-corrected chi connectivity index (χ1v) is 7.47. The summed E-state index contributed by atoms with van der Waals surface area (Å²) in [5.41, 5.74) is 5.69. The molecule has 1 saturated carbocycles. The van der Waals surface area contributed by atoms with Crippen molar-refractivity contribution < 1.29 is 0 Å². The quantitative estimate of drug-likeness (QED) is 0.832. The van der Waals surface area contributed by atoms with Crippen molar-refractivity contribution in [2.24, 2.45) is 23.5 Å². The van der Waals surface area contributed by atoms with Crippen molar-refractivity contribution in [2.75, 3.05) is 19.6 Å². The molecule has 2 aliphatic rings. The van der Waals surface area contributed by atoms with Gasteiger partial charge in [-0.2, -0.15) is 5.26 Å². The molecule has 2 unspecified atom stereocenters. The molecule has 102 valence electrons. The van der Waals surface area contributed by atoms with E-state index in [-0.39, 0.29) is 0 Å². The van der Waals surface area contributed by atoms with Gasteiger partial charge in [0.05, 0.1) is 6.07 Å². The second-order valence-corrected chi connectivity index (χ2v) is 6.64. The van der Waals surface area contributed by atoms with Gasteiger partial charge in [0.25, 0.3) is 0 Å². The highest BCUT2D eigenvalue weighted by molar-refractivity contribution is 5.14. The van der Waals surface area contributed by atoms with E-state index in [1.54, 1.807) is 0 Å². The van der Waals surface area contributed by atoms with Crippen LogP contribution in [-0.2, 0) is 0 Å². The zero-order valence-corrected chi connectivity index (χ0v) is 11.9. The molecule has 2 atom stereocenters. The molecule has 0 bridgehead atoms. The summed E-state index contributed by atoms with van der Waals surface area (Å²) >= 11 is 0. The van der Waals surface area contributed by atoms with Crippen molar-refractivity contribution in [1.29, 1.82) is 5.26 Å². The van der Waals surface area contributed by atoms with Crippen LogP contribution in [0.4, 0.5) is 0 Å². The number of hydrogen-bond donors (Lipinski definition) is 1. The molecule has 1 aliphatic heterocycles. The average molecular weight is 249 g/mol. The Labute approximate surface area is 111 Å². The van der Waals surface area contributed by atoms with E-state index in [9.17, 15) is 5.26 Å². The Morgan fingerprint density at radius 2 is 2.00 bits per heavy atom. The van der Waals surface area contributed by atoms with E-state index >= 15 is 0 Å². The average Bonchev–Trinajstić information content (AvgIpc) is 3.16. The maximum atomic E-state index is 9.34. The fourth-order valence-electron chi connectivity index (χ4n) is 3.23. The molecule has 0 aromatic rings. The predicted octanol–water partition coefficient (Wildman–Crippen LogP) is 2.38. The lowest BCUT2D eigenvalue weighted by Gasteiger charge is -2.29. The molecule has 0 spiro atoms. The van der Waals surface area contributed by atoms with E-state index in [1.165, 1.54) is 19.3 Å². The summed E-state index contributed by atoms with van der Waals surface area (Å²) in [4.78, 5) is 2.43. The van der Waals surface area contributed by atoms with Gasteiger partial charge < -0.3 is 10.6 Å². The van der Waals surface area contributed by atoms with E-state index in [1.807, 2.05) is 0 Å². The van der Waals surface area contributed by atoms with Crippen LogP contribution in [0.2, 0.25) is 0 Å². The molecule has 1 saturated heterocycles. The lowest BCUT2D eigenvalue weighted by atomic mass is 9.89. The Kier molecular flexibility index (Phi) is 4.29. The first-order chi connectivity index (χ1) is 8.55. The molecule has 2 fully saturated rings. The molecule has 1 heterocycles. The third-order valence-electron chi connectivity index (χ3n) is 4.81. The van der Waals surface area contributed by atoms with Crippen LogP contribution in [0.5, 0.6) is 0 Å². The second kappa shape index (κ2) is 5.59. The monoisotopic (exact) mass is 249 g/mol. The van der Waals surface area contributed by atoms with E-state index in [0.717, 1.165) is 44.3 Å². The van der Waals surface area contributed by atoms with Crippen LogP contribution < -0.4 is 5.73 Å². The molecule has 3 heteroatoms. The third-order valence-corrected chi connectivity index (χ3v) is 4.81. The van der Waals surface area contributed by atoms with Gasteiger partial charge in [-0.1, -0.05) is 13.8 Å². The lowest BCUT2D eigenvalue weighted by molar-refractivity contribution is 0.223. The third kappa shape index (κ3) is 3.24. The summed E-state index contributed by atoms with van der Waals surface area (Å²) in [5.74, 6) is 2.09. The van der Waals surface area contributed by atoms with Gasteiger partial charge in [-0.05, 0) is 62.9 Å². The Hall–Kier alpha value is -0.590. The highest BCUT2D eigenvalue weighted by Crippen LogP contribution is 2.38. The number of likely N-dealkylation sites (tertiary alicyclic amines) is 1. The number of rotatable bonds is 4. The summed E-state index contributed by atoms with van der Waals surface area (Å²) in [7, 11) is 0. The first kappa shape index (κ1) is 13.8. The number of nitrogens with zero attached hydrogens (tertiary/aromatic N) is 2. The topological polar surface area (TPSA) is 53.0 Å². The summed E-state index contributed by atoms with van der Waals surface area (Å²) in [6, 6.07) is 2.38. The Morgan fingerprint density at radius 3 is 2.56 bits per heavy atom. The smallest absolute Gasteiger partial charge is 0.119 e. The van der Waals surface area contributed by atoms with Crippen LogP contribution in [-0.4, -0.2) is 30.1 Å². The summed E-state index contributed by atoms with van der Waals surface area (Å²) in [6.45, 7) is 7.67. The molecule has 0 radical (unpaired) electrons. The van der Waals surface area contributed by atoms with Gasteiger partial charge in [-0.25, -0.2) is 0 Å². The number of nitriles is 1. The predicted molar refractivity (Wildman–Crippen MR) is 73.9 cm³/mol.